The largest absolute Gasteiger partial charge is 0.328 e. The molecular formula is C9H14N2O2. The molecule has 1 saturated heterocycles. The van der Waals surface area contributed by atoms with E-state index in [9.17, 15) is 9.59 Å². The zero-order valence-corrected chi connectivity index (χ0v) is 7.96. The van der Waals surface area contributed by atoms with Gasteiger partial charge in [-0.25, -0.2) is 4.79 Å². The number of amides is 3. The molecule has 1 aliphatic heterocycles. The predicted octanol–water partition coefficient (Wildman–Crippen LogP) is 1.24. The number of hydrogen-bond donors (Lipinski definition) is 1. The third kappa shape index (κ3) is 2.08. The molecule has 0 radical (unpaired) electrons. The fraction of sp³-hybridized carbons (Fsp3) is 0.556. The summed E-state index contributed by atoms with van der Waals surface area (Å²) in [6, 6.07) is -0.340. The summed E-state index contributed by atoms with van der Waals surface area (Å²) in [7, 11) is 1.60. The highest BCUT2D eigenvalue weighted by Gasteiger charge is 2.28. The second kappa shape index (κ2) is 4.07. The van der Waals surface area contributed by atoms with Crippen molar-refractivity contribution in [1.29, 1.82) is 0 Å². The maximum atomic E-state index is 11.1. The van der Waals surface area contributed by atoms with Gasteiger partial charge in [0.15, 0.2) is 0 Å². The molecule has 72 valence electrons. The first-order chi connectivity index (χ1) is 6.16. The van der Waals surface area contributed by atoms with Gasteiger partial charge in [0.2, 0.25) is 0 Å². The Morgan fingerprint density at radius 3 is 2.62 bits per heavy atom. The average molecular weight is 182 g/mol. The minimum Gasteiger partial charge on any atom is -0.292 e. The summed E-state index contributed by atoms with van der Waals surface area (Å²) in [5, 5.41) is 2.22. The molecule has 3 amide bonds. The summed E-state index contributed by atoms with van der Waals surface area (Å²) >= 11 is 0. The van der Waals surface area contributed by atoms with Crippen LogP contribution in [0.25, 0.3) is 0 Å². The summed E-state index contributed by atoms with van der Waals surface area (Å²) in [4.78, 5) is 23.5. The fourth-order valence-corrected chi connectivity index (χ4v) is 1.18. The molecule has 0 unspecified atom stereocenters. The number of rotatable bonds is 3. The van der Waals surface area contributed by atoms with Crippen molar-refractivity contribution < 1.29 is 9.59 Å². The van der Waals surface area contributed by atoms with Crippen LogP contribution < -0.4 is 5.32 Å². The van der Waals surface area contributed by atoms with E-state index in [1.54, 1.807) is 7.05 Å². The summed E-state index contributed by atoms with van der Waals surface area (Å²) in [6.45, 7) is 2.09. The van der Waals surface area contributed by atoms with Crippen molar-refractivity contribution in [3.63, 3.8) is 0 Å². The van der Waals surface area contributed by atoms with Crippen LogP contribution in [0.2, 0.25) is 0 Å². The Morgan fingerprint density at radius 2 is 2.15 bits per heavy atom. The van der Waals surface area contributed by atoms with Gasteiger partial charge in [-0.15, -0.1) is 0 Å². The molecule has 0 aliphatic carbocycles. The zero-order chi connectivity index (χ0) is 9.84. The van der Waals surface area contributed by atoms with Crippen LogP contribution in [0.4, 0.5) is 4.79 Å². The van der Waals surface area contributed by atoms with E-state index in [4.69, 9.17) is 0 Å². The lowest BCUT2D eigenvalue weighted by atomic mass is 10.2. The van der Waals surface area contributed by atoms with E-state index in [2.05, 4.69) is 12.2 Å². The molecule has 1 rings (SSSR count). The molecule has 4 nitrogen and oxygen atoms in total. The van der Waals surface area contributed by atoms with Crippen LogP contribution >= 0.6 is 0 Å². The van der Waals surface area contributed by atoms with Crippen LogP contribution in [0, 0.1) is 0 Å². The Labute approximate surface area is 77.6 Å². The maximum Gasteiger partial charge on any atom is 0.328 e. The quantitative estimate of drug-likeness (QED) is 0.405. The molecule has 1 N–H and O–H groups in total. The van der Waals surface area contributed by atoms with Gasteiger partial charge in [-0.3, -0.25) is 15.0 Å². The van der Waals surface area contributed by atoms with Gasteiger partial charge in [0.25, 0.3) is 5.91 Å². The second-order valence-electron chi connectivity index (χ2n) is 3.05. The van der Waals surface area contributed by atoms with Crippen molar-refractivity contribution in [2.24, 2.45) is 0 Å². The molecule has 0 saturated carbocycles. The Balaban J connectivity index is 2.62. The first kappa shape index (κ1) is 9.77. The molecule has 0 atom stereocenters. The Morgan fingerprint density at radius 1 is 1.46 bits per heavy atom. The first-order valence-electron chi connectivity index (χ1n) is 4.46. The molecule has 0 aromatic rings. The van der Waals surface area contributed by atoms with Crippen LogP contribution in [-0.2, 0) is 4.79 Å². The molecule has 1 aliphatic rings. The highest BCUT2D eigenvalue weighted by molar-refractivity contribution is 6.11. The number of carbonyl (C=O) groups is 2. The number of nitrogens with zero attached hydrogens (tertiary/aromatic N) is 1. The number of unbranched alkanes of at least 4 members (excludes halogenated alkanes) is 2. The van der Waals surface area contributed by atoms with Crippen LogP contribution in [-0.4, -0.2) is 23.9 Å². The van der Waals surface area contributed by atoms with Crippen LogP contribution in [0.3, 0.4) is 0 Å². The number of imide groups is 1. The predicted molar refractivity (Wildman–Crippen MR) is 48.9 cm³/mol. The molecule has 0 aromatic carbocycles. The van der Waals surface area contributed by atoms with Gasteiger partial charge in [-0.2, -0.15) is 0 Å². The highest BCUT2D eigenvalue weighted by atomic mass is 16.2. The molecular weight excluding hydrogens is 168 g/mol. The van der Waals surface area contributed by atoms with E-state index in [0.717, 1.165) is 19.3 Å². The second-order valence-corrected chi connectivity index (χ2v) is 3.05. The van der Waals surface area contributed by atoms with Gasteiger partial charge < -0.3 is 0 Å². The summed E-state index contributed by atoms with van der Waals surface area (Å²) in [6.07, 6.45) is 4.78. The number of carbonyl (C=O) groups excluding carboxylic acids is 2. The third-order valence-electron chi connectivity index (χ3n) is 2.01. The minimum absolute atomic E-state index is 0.288. The van der Waals surface area contributed by atoms with E-state index in [1.165, 1.54) is 4.90 Å². The van der Waals surface area contributed by atoms with Crippen molar-refractivity contribution in [2.75, 3.05) is 7.05 Å². The molecule has 0 bridgehead atoms. The number of nitrogens with one attached hydrogen (secondary N) is 1. The smallest absolute Gasteiger partial charge is 0.292 e. The highest BCUT2D eigenvalue weighted by Crippen LogP contribution is 2.11. The monoisotopic (exact) mass is 182 g/mol. The van der Waals surface area contributed by atoms with Gasteiger partial charge in [0.05, 0.1) is 0 Å². The Kier molecular flexibility index (Phi) is 3.06. The van der Waals surface area contributed by atoms with Gasteiger partial charge in [-0.05, 0) is 12.8 Å². The topological polar surface area (TPSA) is 49.4 Å². The van der Waals surface area contributed by atoms with E-state index < -0.39 is 0 Å². The minimum atomic E-state index is -0.340. The summed E-state index contributed by atoms with van der Waals surface area (Å²) in [5.41, 5.74) is 0.471. The van der Waals surface area contributed by atoms with Crippen LogP contribution in [0.1, 0.15) is 26.2 Å². The van der Waals surface area contributed by atoms with Crippen molar-refractivity contribution in [1.82, 2.24) is 10.2 Å². The first-order valence-corrected chi connectivity index (χ1v) is 4.46. The van der Waals surface area contributed by atoms with Crippen LogP contribution in [0.5, 0.6) is 0 Å². The van der Waals surface area contributed by atoms with E-state index >= 15 is 0 Å². The molecule has 4 heteroatoms. The van der Waals surface area contributed by atoms with Gasteiger partial charge in [0.1, 0.15) is 5.70 Å². The van der Waals surface area contributed by atoms with Crippen molar-refractivity contribution in [3.05, 3.63) is 11.8 Å². The van der Waals surface area contributed by atoms with Gasteiger partial charge in [-0.1, -0.05) is 19.4 Å². The van der Waals surface area contributed by atoms with Crippen LogP contribution in [0.15, 0.2) is 11.8 Å². The standard InChI is InChI=1S/C9H14N2O2/c1-3-4-5-6-7-8(12)10-9(13)11(7)2/h6H,3-5H2,1-2H3,(H,10,12,13). The summed E-state index contributed by atoms with van der Waals surface area (Å²) < 4.78 is 0. The number of allylic oxidation sites excluding steroid dienone is 1. The summed E-state index contributed by atoms with van der Waals surface area (Å²) in [5.74, 6) is -0.288. The van der Waals surface area contributed by atoms with E-state index in [0.29, 0.717) is 5.70 Å². The lowest BCUT2D eigenvalue weighted by Gasteiger charge is -2.05. The zero-order valence-electron chi connectivity index (χ0n) is 7.96. The fourth-order valence-electron chi connectivity index (χ4n) is 1.18. The van der Waals surface area contributed by atoms with E-state index in [-0.39, 0.29) is 11.9 Å². The van der Waals surface area contributed by atoms with Crippen molar-refractivity contribution in [3.8, 4) is 0 Å². The SMILES string of the molecule is CCCCC=C1C(=O)NC(=O)N1C. The lowest BCUT2D eigenvalue weighted by molar-refractivity contribution is -0.116. The van der Waals surface area contributed by atoms with Gasteiger partial charge >= 0.3 is 6.03 Å². The maximum absolute atomic E-state index is 11.1. The molecule has 13 heavy (non-hydrogen) atoms. The molecule has 0 aromatic heterocycles. The molecule has 1 fully saturated rings. The number of likely N-dealkylation sites (N-methyl/N-ethyl adjacent to an activating group) is 1. The number of urea groups is 1. The average Bonchev–Trinajstić information content (AvgIpc) is 2.32. The van der Waals surface area contributed by atoms with Crippen molar-refractivity contribution in [2.45, 2.75) is 26.2 Å². The Bertz CT molecular complexity index is 258. The number of hydrogen-bond acceptors (Lipinski definition) is 2. The van der Waals surface area contributed by atoms with Gasteiger partial charge in [0, 0.05) is 7.05 Å². The normalized spacial score (nSPS) is 19.8. The Hall–Kier alpha value is -1.32. The third-order valence-corrected chi connectivity index (χ3v) is 2.01. The molecule has 1 heterocycles. The lowest BCUT2D eigenvalue weighted by Crippen LogP contribution is -2.24. The van der Waals surface area contributed by atoms with Crippen molar-refractivity contribution >= 4 is 11.9 Å². The molecule has 0 spiro atoms. The van der Waals surface area contributed by atoms with E-state index in [1.807, 2.05) is 6.08 Å².